The maximum Gasteiger partial charge on any atom is 0.128 e. The summed E-state index contributed by atoms with van der Waals surface area (Å²) >= 11 is 0. The predicted molar refractivity (Wildman–Crippen MR) is 76.2 cm³/mol. The Morgan fingerprint density at radius 3 is 2.53 bits per heavy atom. The van der Waals surface area contributed by atoms with Gasteiger partial charge in [0.2, 0.25) is 0 Å². The summed E-state index contributed by atoms with van der Waals surface area (Å²) in [5, 5.41) is 3.32. The molecule has 0 aliphatic rings. The number of rotatable bonds is 9. The van der Waals surface area contributed by atoms with E-state index in [0.29, 0.717) is 5.56 Å². The molecule has 1 atom stereocenters. The van der Waals surface area contributed by atoms with Crippen LogP contribution in [-0.2, 0) is 0 Å². The highest BCUT2D eigenvalue weighted by Crippen LogP contribution is 2.23. The standard InChI is InChI=1S/C16H25F2N/c1-3-5-6-7-8-16(19-11-4-2)14-12-13(17)9-10-15(14)18/h9-10,12,16,19H,3-8,11H2,1-2H3. The fourth-order valence-corrected chi connectivity index (χ4v) is 2.24. The van der Waals surface area contributed by atoms with Crippen LogP contribution in [0.1, 0.15) is 64.0 Å². The Morgan fingerprint density at radius 2 is 1.84 bits per heavy atom. The number of halogens is 2. The minimum atomic E-state index is -0.367. The van der Waals surface area contributed by atoms with E-state index in [2.05, 4.69) is 19.2 Å². The molecule has 0 amide bonds. The molecule has 1 nitrogen and oxygen atoms in total. The summed E-state index contributed by atoms with van der Waals surface area (Å²) in [6.45, 7) is 5.07. The molecule has 108 valence electrons. The lowest BCUT2D eigenvalue weighted by atomic mass is 9.99. The second-order valence-electron chi connectivity index (χ2n) is 5.02. The van der Waals surface area contributed by atoms with E-state index in [9.17, 15) is 8.78 Å². The van der Waals surface area contributed by atoms with Crippen LogP contribution < -0.4 is 5.32 Å². The van der Waals surface area contributed by atoms with E-state index in [1.54, 1.807) is 0 Å². The van der Waals surface area contributed by atoms with E-state index in [1.807, 2.05) is 0 Å². The molecule has 0 aromatic heterocycles. The second kappa shape index (κ2) is 9.03. The number of unbranched alkanes of at least 4 members (excludes halogenated alkanes) is 3. The van der Waals surface area contributed by atoms with E-state index in [0.717, 1.165) is 32.2 Å². The lowest BCUT2D eigenvalue weighted by Gasteiger charge is -2.19. The molecule has 3 heteroatoms. The van der Waals surface area contributed by atoms with Crippen LogP contribution in [0.15, 0.2) is 18.2 Å². The van der Waals surface area contributed by atoms with Gasteiger partial charge in [-0.05, 0) is 37.6 Å². The van der Waals surface area contributed by atoms with Gasteiger partial charge in [0.25, 0.3) is 0 Å². The predicted octanol–water partition coefficient (Wildman–Crippen LogP) is 4.98. The Kier molecular flexibility index (Phi) is 7.65. The second-order valence-corrected chi connectivity index (χ2v) is 5.02. The zero-order valence-electron chi connectivity index (χ0n) is 12.0. The molecule has 0 saturated carbocycles. The van der Waals surface area contributed by atoms with Gasteiger partial charge in [0.05, 0.1) is 0 Å². The summed E-state index contributed by atoms with van der Waals surface area (Å²) in [5.74, 6) is -0.682. The lowest BCUT2D eigenvalue weighted by Crippen LogP contribution is -2.23. The van der Waals surface area contributed by atoms with Crippen LogP contribution in [-0.4, -0.2) is 6.54 Å². The smallest absolute Gasteiger partial charge is 0.128 e. The van der Waals surface area contributed by atoms with Crippen molar-refractivity contribution in [1.82, 2.24) is 5.32 Å². The number of hydrogen-bond donors (Lipinski definition) is 1. The van der Waals surface area contributed by atoms with Gasteiger partial charge in [0.1, 0.15) is 11.6 Å². The summed E-state index contributed by atoms with van der Waals surface area (Å²) in [5.41, 5.74) is 0.463. The molecule has 19 heavy (non-hydrogen) atoms. The van der Waals surface area contributed by atoms with Gasteiger partial charge in [0, 0.05) is 11.6 Å². The van der Waals surface area contributed by atoms with Gasteiger partial charge in [-0.25, -0.2) is 8.78 Å². The van der Waals surface area contributed by atoms with Crippen molar-refractivity contribution in [3.63, 3.8) is 0 Å². The van der Waals surface area contributed by atoms with Gasteiger partial charge in [-0.15, -0.1) is 0 Å². The Morgan fingerprint density at radius 1 is 1.05 bits per heavy atom. The molecule has 0 fully saturated rings. The third kappa shape index (κ3) is 5.68. The third-order valence-electron chi connectivity index (χ3n) is 3.32. The summed E-state index contributed by atoms with van der Waals surface area (Å²) in [6, 6.07) is 3.64. The molecule has 0 aliphatic heterocycles. The van der Waals surface area contributed by atoms with Crippen molar-refractivity contribution in [1.29, 1.82) is 0 Å². The summed E-state index contributed by atoms with van der Waals surface area (Å²) in [7, 11) is 0. The summed E-state index contributed by atoms with van der Waals surface area (Å²) in [6.07, 6.45) is 6.43. The summed E-state index contributed by atoms with van der Waals surface area (Å²) in [4.78, 5) is 0. The Balaban J connectivity index is 2.68. The monoisotopic (exact) mass is 269 g/mol. The summed E-state index contributed by atoms with van der Waals surface area (Å²) < 4.78 is 27.1. The molecule has 1 unspecified atom stereocenters. The highest BCUT2D eigenvalue weighted by atomic mass is 19.1. The van der Waals surface area contributed by atoms with Crippen LogP contribution in [0.3, 0.4) is 0 Å². The molecule has 0 saturated heterocycles. The molecular formula is C16H25F2N. The fraction of sp³-hybridized carbons (Fsp3) is 0.625. The number of hydrogen-bond acceptors (Lipinski definition) is 1. The highest BCUT2D eigenvalue weighted by molar-refractivity contribution is 5.22. The van der Waals surface area contributed by atoms with Gasteiger partial charge >= 0.3 is 0 Å². The molecule has 1 aromatic carbocycles. The van der Waals surface area contributed by atoms with Crippen molar-refractivity contribution < 1.29 is 8.78 Å². The largest absolute Gasteiger partial charge is 0.310 e. The Hall–Kier alpha value is -0.960. The topological polar surface area (TPSA) is 12.0 Å². The van der Waals surface area contributed by atoms with Gasteiger partial charge in [-0.3, -0.25) is 0 Å². The maximum absolute atomic E-state index is 13.8. The maximum atomic E-state index is 13.8. The van der Waals surface area contributed by atoms with Crippen molar-refractivity contribution >= 4 is 0 Å². The van der Waals surface area contributed by atoms with Crippen molar-refractivity contribution in [3.8, 4) is 0 Å². The van der Waals surface area contributed by atoms with Crippen LogP contribution in [0, 0.1) is 11.6 Å². The molecule has 0 bridgehead atoms. The van der Waals surface area contributed by atoms with Crippen LogP contribution >= 0.6 is 0 Å². The molecule has 0 heterocycles. The molecule has 1 aromatic rings. The highest BCUT2D eigenvalue weighted by Gasteiger charge is 2.15. The van der Waals surface area contributed by atoms with E-state index in [-0.39, 0.29) is 17.7 Å². The van der Waals surface area contributed by atoms with Crippen molar-refractivity contribution in [2.45, 2.75) is 58.4 Å². The molecule has 0 spiro atoms. The van der Waals surface area contributed by atoms with E-state index < -0.39 is 0 Å². The van der Waals surface area contributed by atoms with Crippen LogP contribution in [0.4, 0.5) is 8.78 Å². The molecular weight excluding hydrogens is 244 g/mol. The van der Waals surface area contributed by atoms with Gasteiger partial charge in [-0.2, -0.15) is 0 Å². The first kappa shape index (κ1) is 16.1. The van der Waals surface area contributed by atoms with Crippen LogP contribution in [0.2, 0.25) is 0 Å². The SMILES string of the molecule is CCCCCCC(NCCC)c1cc(F)ccc1F. The van der Waals surface area contributed by atoms with Gasteiger partial charge < -0.3 is 5.32 Å². The minimum absolute atomic E-state index is 0.0764. The molecule has 1 N–H and O–H groups in total. The van der Waals surface area contributed by atoms with Crippen molar-refractivity contribution in [2.24, 2.45) is 0 Å². The zero-order valence-corrected chi connectivity index (χ0v) is 12.0. The van der Waals surface area contributed by atoms with E-state index >= 15 is 0 Å². The number of nitrogens with one attached hydrogen (secondary N) is 1. The average Bonchev–Trinajstić information content (AvgIpc) is 2.41. The van der Waals surface area contributed by atoms with Crippen molar-refractivity contribution in [3.05, 3.63) is 35.4 Å². The fourth-order valence-electron chi connectivity index (χ4n) is 2.24. The van der Waals surface area contributed by atoms with Crippen LogP contribution in [0.5, 0.6) is 0 Å². The van der Waals surface area contributed by atoms with Gasteiger partial charge in [0.15, 0.2) is 0 Å². The molecule has 1 rings (SSSR count). The normalized spacial score (nSPS) is 12.6. The first-order valence-electron chi connectivity index (χ1n) is 7.37. The first-order chi connectivity index (χ1) is 9.19. The van der Waals surface area contributed by atoms with E-state index in [1.165, 1.54) is 31.0 Å². The van der Waals surface area contributed by atoms with Gasteiger partial charge in [-0.1, -0.05) is 39.5 Å². The van der Waals surface area contributed by atoms with Crippen LogP contribution in [0.25, 0.3) is 0 Å². The first-order valence-corrected chi connectivity index (χ1v) is 7.37. The molecule has 0 radical (unpaired) electrons. The zero-order chi connectivity index (χ0) is 14.1. The third-order valence-corrected chi connectivity index (χ3v) is 3.32. The lowest BCUT2D eigenvalue weighted by molar-refractivity contribution is 0.448. The minimum Gasteiger partial charge on any atom is -0.310 e. The average molecular weight is 269 g/mol. The number of benzene rings is 1. The van der Waals surface area contributed by atoms with Crippen molar-refractivity contribution in [2.75, 3.05) is 6.54 Å². The van der Waals surface area contributed by atoms with E-state index in [4.69, 9.17) is 0 Å². The quantitative estimate of drug-likeness (QED) is 0.624. The Bertz CT molecular complexity index is 366. The molecule has 0 aliphatic carbocycles. The Labute approximate surface area is 115 Å².